The molecule has 122 valence electrons. The van der Waals surface area contributed by atoms with Gasteiger partial charge in [-0.05, 0) is 23.1 Å². The Kier molecular flexibility index (Phi) is 10.2. The average molecular weight is 300 g/mol. The topological polar surface area (TPSA) is 12.9 Å². The third-order valence-corrected chi connectivity index (χ3v) is 3.18. The first-order chi connectivity index (χ1) is 10.5. The molecule has 1 heterocycles. The highest BCUT2D eigenvalue weighted by molar-refractivity contribution is 5.64. The van der Waals surface area contributed by atoms with Gasteiger partial charge in [0.25, 0.3) is 0 Å². The van der Waals surface area contributed by atoms with Crippen molar-refractivity contribution in [3.05, 3.63) is 54.2 Å². The van der Waals surface area contributed by atoms with Crippen LogP contribution in [0.15, 0.2) is 48.7 Å². The Hall–Kier alpha value is -1.63. The lowest BCUT2D eigenvalue weighted by atomic mass is 9.83. The third-order valence-electron chi connectivity index (χ3n) is 3.18. The van der Waals surface area contributed by atoms with Crippen LogP contribution < -0.4 is 0 Å². The van der Waals surface area contributed by atoms with Gasteiger partial charge in [0, 0.05) is 11.8 Å². The first-order valence-electron chi connectivity index (χ1n) is 8.51. The van der Waals surface area contributed by atoms with Crippen molar-refractivity contribution in [2.45, 2.75) is 66.7 Å². The summed E-state index contributed by atoms with van der Waals surface area (Å²) in [5.74, 6) is 0. The molecule has 0 fully saturated rings. The van der Waals surface area contributed by atoms with Crippen LogP contribution in [0.2, 0.25) is 0 Å². The zero-order valence-electron chi connectivity index (χ0n) is 15.5. The second-order valence-electron chi connectivity index (χ2n) is 6.01. The van der Waals surface area contributed by atoms with Crippen molar-refractivity contribution in [3.8, 4) is 11.3 Å². The molecule has 0 spiro atoms. The minimum absolute atomic E-state index is 0.147. The average Bonchev–Trinajstić information content (AvgIpc) is 2.57. The highest BCUT2D eigenvalue weighted by Gasteiger charge is 2.18. The molecule has 0 N–H and O–H groups in total. The van der Waals surface area contributed by atoms with Crippen LogP contribution in [-0.2, 0) is 5.41 Å². The Labute approximate surface area is 137 Å². The highest BCUT2D eigenvalue weighted by atomic mass is 14.7. The Morgan fingerprint density at radius 2 is 1.36 bits per heavy atom. The summed E-state index contributed by atoms with van der Waals surface area (Å²) < 4.78 is 0. The van der Waals surface area contributed by atoms with Crippen LogP contribution in [-0.4, -0.2) is 4.98 Å². The molecule has 1 nitrogen and oxygen atoms in total. The van der Waals surface area contributed by atoms with Gasteiger partial charge in [-0.1, -0.05) is 91.6 Å². The van der Waals surface area contributed by atoms with E-state index >= 15 is 0 Å². The lowest BCUT2D eigenvalue weighted by Crippen LogP contribution is -2.12. The molecule has 0 radical (unpaired) electrons. The molecule has 2 aromatic rings. The quantitative estimate of drug-likeness (QED) is 0.589. The van der Waals surface area contributed by atoms with Crippen LogP contribution in [0.3, 0.4) is 0 Å². The molecule has 0 amide bonds. The number of unbranched alkanes of at least 4 members (excludes halogenated alkanes) is 1. The number of pyridine rings is 1. The predicted octanol–water partition coefficient (Wildman–Crippen LogP) is 6.88. The number of aromatic nitrogens is 1. The maximum Gasteiger partial charge on any atom is 0.0704 e. The van der Waals surface area contributed by atoms with Gasteiger partial charge in [0.05, 0.1) is 5.69 Å². The molecule has 22 heavy (non-hydrogen) atoms. The highest BCUT2D eigenvalue weighted by Crippen LogP contribution is 2.31. The van der Waals surface area contributed by atoms with Crippen LogP contribution >= 0.6 is 0 Å². The molecule has 0 unspecified atom stereocenters. The van der Waals surface area contributed by atoms with Crippen LogP contribution in [0.4, 0.5) is 0 Å². The molecule has 0 bridgehead atoms. The van der Waals surface area contributed by atoms with E-state index in [9.17, 15) is 0 Å². The van der Waals surface area contributed by atoms with E-state index in [1.165, 1.54) is 24.0 Å². The Balaban J connectivity index is 0.000000640. The van der Waals surface area contributed by atoms with E-state index in [1.54, 1.807) is 0 Å². The minimum Gasteiger partial charge on any atom is -0.256 e. The largest absolute Gasteiger partial charge is 0.256 e. The van der Waals surface area contributed by atoms with Gasteiger partial charge in [0.15, 0.2) is 0 Å². The fourth-order valence-corrected chi connectivity index (χ4v) is 1.88. The molecule has 0 aliphatic heterocycles. The van der Waals surface area contributed by atoms with E-state index in [1.807, 2.05) is 32.2 Å². The zero-order chi connectivity index (χ0) is 17.0. The number of hydrogen-bond donors (Lipinski definition) is 0. The Morgan fingerprint density at radius 1 is 0.818 bits per heavy atom. The molecule has 1 aromatic heterocycles. The van der Waals surface area contributed by atoms with Crippen molar-refractivity contribution in [1.29, 1.82) is 0 Å². The summed E-state index contributed by atoms with van der Waals surface area (Å²) in [5, 5.41) is 0. The van der Waals surface area contributed by atoms with E-state index in [-0.39, 0.29) is 5.41 Å². The number of nitrogens with zero attached hydrogens (tertiary/aromatic N) is 1. The monoisotopic (exact) mass is 299 g/mol. The molecular weight excluding hydrogens is 266 g/mol. The Morgan fingerprint density at radius 3 is 1.82 bits per heavy atom. The smallest absolute Gasteiger partial charge is 0.0704 e. The van der Waals surface area contributed by atoms with Crippen LogP contribution in [0.5, 0.6) is 0 Å². The van der Waals surface area contributed by atoms with Gasteiger partial charge in [-0.2, -0.15) is 0 Å². The van der Waals surface area contributed by atoms with Crippen molar-refractivity contribution >= 4 is 0 Å². The summed E-state index contributed by atoms with van der Waals surface area (Å²) >= 11 is 0. The SMILES string of the molecule is CC.CC(C)(C)c1ccccc1-c1ccccn1.CCCC. The lowest BCUT2D eigenvalue weighted by molar-refractivity contribution is 0.592. The molecule has 2 rings (SSSR count). The summed E-state index contributed by atoms with van der Waals surface area (Å²) in [6.07, 6.45) is 4.48. The number of hydrogen-bond acceptors (Lipinski definition) is 1. The third kappa shape index (κ3) is 6.89. The standard InChI is InChI=1S/C15H17N.C4H10.C2H6/c1-15(2,3)13-9-5-4-8-12(13)14-10-6-7-11-16-14;1-3-4-2;1-2/h4-11H,1-3H3;3-4H2,1-2H3;1-2H3. The van der Waals surface area contributed by atoms with Crippen LogP contribution in [0.1, 0.15) is 66.9 Å². The molecule has 1 heteroatoms. The van der Waals surface area contributed by atoms with Gasteiger partial charge in [0.2, 0.25) is 0 Å². The normalized spacial score (nSPS) is 9.95. The van der Waals surface area contributed by atoms with Gasteiger partial charge in [-0.15, -0.1) is 0 Å². The van der Waals surface area contributed by atoms with E-state index in [2.05, 4.69) is 69.9 Å². The van der Waals surface area contributed by atoms with Crippen LogP contribution in [0.25, 0.3) is 11.3 Å². The van der Waals surface area contributed by atoms with Crippen molar-refractivity contribution in [2.24, 2.45) is 0 Å². The lowest BCUT2D eigenvalue weighted by Gasteiger charge is -2.22. The van der Waals surface area contributed by atoms with Gasteiger partial charge in [0.1, 0.15) is 0 Å². The predicted molar refractivity (Wildman–Crippen MR) is 100 cm³/mol. The van der Waals surface area contributed by atoms with E-state index in [0.29, 0.717) is 0 Å². The fourth-order valence-electron chi connectivity index (χ4n) is 1.88. The van der Waals surface area contributed by atoms with E-state index in [0.717, 1.165) is 5.69 Å². The first kappa shape index (κ1) is 20.4. The summed E-state index contributed by atoms with van der Waals surface area (Å²) in [6, 6.07) is 14.5. The summed E-state index contributed by atoms with van der Waals surface area (Å²) in [7, 11) is 0. The van der Waals surface area contributed by atoms with Crippen molar-refractivity contribution in [1.82, 2.24) is 4.98 Å². The second kappa shape index (κ2) is 11.0. The van der Waals surface area contributed by atoms with Gasteiger partial charge < -0.3 is 0 Å². The summed E-state index contributed by atoms with van der Waals surface area (Å²) in [4.78, 5) is 4.42. The molecule has 0 aliphatic rings. The van der Waals surface area contributed by atoms with Crippen molar-refractivity contribution < 1.29 is 0 Å². The van der Waals surface area contributed by atoms with Gasteiger partial charge in [-0.25, -0.2) is 0 Å². The minimum atomic E-state index is 0.147. The number of rotatable bonds is 2. The molecule has 0 atom stereocenters. The molecule has 0 saturated heterocycles. The van der Waals surface area contributed by atoms with Gasteiger partial charge >= 0.3 is 0 Å². The Bertz CT molecular complexity index is 493. The van der Waals surface area contributed by atoms with E-state index < -0.39 is 0 Å². The van der Waals surface area contributed by atoms with E-state index in [4.69, 9.17) is 0 Å². The molecular formula is C21H33N. The molecule has 0 saturated carbocycles. The molecule has 1 aromatic carbocycles. The zero-order valence-corrected chi connectivity index (χ0v) is 15.5. The maximum atomic E-state index is 4.42. The molecule has 0 aliphatic carbocycles. The maximum absolute atomic E-state index is 4.42. The fraction of sp³-hybridized carbons (Fsp3) is 0.476. The first-order valence-corrected chi connectivity index (χ1v) is 8.51. The second-order valence-corrected chi connectivity index (χ2v) is 6.01. The van der Waals surface area contributed by atoms with Crippen LogP contribution in [0, 0.1) is 0 Å². The van der Waals surface area contributed by atoms with Gasteiger partial charge in [-0.3, -0.25) is 4.98 Å². The van der Waals surface area contributed by atoms with Crippen molar-refractivity contribution in [3.63, 3.8) is 0 Å². The summed E-state index contributed by atoms with van der Waals surface area (Å²) in [6.45, 7) is 15.1. The number of benzene rings is 1. The van der Waals surface area contributed by atoms with Crippen molar-refractivity contribution in [2.75, 3.05) is 0 Å². The summed E-state index contributed by atoms with van der Waals surface area (Å²) in [5.41, 5.74) is 3.77.